The first-order valence-corrected chi connectivity index (χ1v) is 5.93. The molecule has 0 spiro atoms. The number of hydrogen-bond donors (Lipinski definition) is 0. The van der Waals surface area contributed by atoms with Crippen molar-refractivity contribution < 1.29 is 0 Å². The Morgan fingerprint density at radius 1 is 1.58 bits per heavy atom. The van der Waals surface area contributed by atoms with Crippen LogP contribution >= 0.6 is 23.4 Å². The summed E-state index contributed by atoms with van der Waals surface area (Å²) in [7, 11) is 0. The maximum absolute atomic E-state index is 5.84. The predicted octanol–water partition coefficient (Wildman–Crippen LogP) is 3.95. The van der Waals surface area contributed by atoms with E-state index < -0.39 is 0 Å². The van der Waals surface area contributed by atoms with E-state index >= 15 is 0 Å². The van der Waals surface area contributed by atoms with E-state index in [1.165, 1.54) is 5.75 Å². The Morgan fingerprint density at radius 3 is 2.50 bits per heavy atom. The molecule has 0 aromatic heterocycles. The SMILES string of the molecule is C=CC(C)(CCl)CCSC(C)C. The minimum Gasteiger partial charge on any atom is -0.159 e. The van der Waals surface area contributed by atoms with Crippen LogP contribution in [0.4, 0.5) is 0 Å². The summed E-state index contributed by atoms with van der Waals surface area (Å²) >= 11 is 7.83. The van der Waals surface area contributed by atoms with Crippen LogP contribution in [0.3, 0.4) is 0 Å². The summed E-state index contributed by atoms with van der Waals surface area (Å²) < 4.78 is 0. The van der Waals surface area contributed by atoms with E-state index in [0.717, 1.165) is 11.7 Å². The highest BCUT2D eigenvalue weighted by Crippen LogP contribution is 2.27. The van der Waals surface area contributed by atoms with Crippen molar-refractivity contribution in [2.24, 2.45) is 5.41 Å². The fourth-order valence-corrected chi connectivity index (χ4v) is 2.05. The normalized spacial score (nSPS) is 16.1. The maximum atomic E-state index is 5.84. The molecule has 0 N–H and O–H groups in total. The van der Waals surface area contributed by atoms with Crippen molar-refractivity contribution >= 4 is 23.4 Å². The molecular weight excluding hydrogens is 188 g/mol. The summed E-state index contributed by atoms with van der Waals surface area (Å²) in [5, 5.41) is 0.717. The van der Waals surface area contributed by atoms with Crippen LogP contribution in [-0.2, 0) is 0 Å². The van der Waals surface area contributed by atoms with Crippen molar-refractivity contribution in [3.8, 4) is 0 Å². The second kappa shape index (κ2) is 5.93. The lowest BCUT2D eigenvalue weighted by Crippen LogP contribution is -2.16. The second-order valence-electron chi connectivity index (χ2n) is 3.66. The van der Waals surface area contributed by atoms with Gasteiger partial charge in [0.15, 0.2) is 0 Å². The minimum absolute atomic E-state index is 0.128. The van der Waals surface area contributed by atoms with E-state index in [-0.39, 0.29) is 5.41 Å². The molecule has 1 unspecified atom stereocenters. The van der Waals surface area contributed by atoms with Crippen molar-refractivity contribution in [3.63, 3.8) is 0 Å². The van der Waals surface area contributed by atoms with Gasteiger partial charge in [0.1, 0.15) is 0 Å². The molecule has 0 rings (SSSR count). The lowest BCUT2D eigenvalue weighted by Gasteiger charge is -2.22. The third-order valence-corrected chi connectivity index (χ3v) is 3.64. The minimum atomic E-state index is 0.128. The summed E-state index contributed by atoms with van der Waals surface area (Å²) in [5.41, 5.74) is 0.128. The standard InChI is InChI=1S/C10H19ClS/c1-5-10(4,8-11)6-7-12-9(2)3/h5,9H,1,6-8H2,2-4H3. The van der Waals surface area contributed by atoms with Crippen LogP contribution in [0.1, 0.15) is 27.2 Å². The lowest BCUT2D eigenvalue weighted by atomic mass is 9.90. The molecule has 0 aromatic rings. The van der Waals surface area contributed by atoms with Crippen molar-refractivity contribution in [3.05, 3.63) is 12.7 Å². The van der Waals surface area contributed by atoms with Gasteiger partial charge in [-0.3, -0.25) is 0 Å². The van der Waals surface area contributed by atoms with E-state index in [4.69, 9.17) is 11.6 Å². The Bertz CT molecular complexity index is 134. The lowest BCUT2D eigenvalue weighted by molar-refractivity contribution is 0.475. The van der Waals surface area contributed by atoms with Crippen LogP contribution in [0.5, 0.6) is 0 Å². The number of halogens is 1. The molecule has 0 heterocycles. The van der Waals surface area contributed by atoms with Crippen LogP contribution in [0.2, 0.25) is 0 Å². The van der Waals surface area contributed by atoms with Crippen molar-refractivity contribution in [2.75, 3.05) is 11.6 Å². The van der Waals surface area contributed by atoms with Gasteiger partial charge < -0.3 is 0 Å². The Morgan fingerprint density at radius 2 is 2.17 bits per heavy atom. The zero-order chi connectivity index (χ0) is 9.61. The van der Waals surface area contributed by atoms with Gasteiger partial charge in [0.05, 0.1) is 0 Å². The second-order valence-corrected chi connectivity index (χ2v) is 5.61. The quantitative estimate of drug-likeness (QED) is 0.469. The van der Waals surface area contributed by atoms with Crippen LogP contribution in [0.25, 0.3) is 0 Å². The van der Waals surface area contributed by atoms with Crippen molar-refractivity contribution in [2.45, 2.75) is 32.4 Å². The van der Waals surface area contributed by atoms with Gasteiger partial charge in [-0.2, -0.15) is 11.8 Å². The van der Waals surface area contributed by atoms with Crippen LogP contribution in [-0.4, -0.2) is 16.9 Å². The molecule has 0 aliphatic rings. The summed E-state index contributed by atoms with van der Waals surface area (Å²) in [6, 6.07) is 0. The summed E-state index contributed by atoms with van der Waals surface area (Å²) in [6.45, 7) is 10.4. The average molecular weight is 207 g/mol. The van der Waals surface area contributed by atoms with Crippen LogP contribution in [0.15, 0.2) is 12.7 Å². The first-order chi connectivity index (χ1) is 5.54. The summed E-state index contributed by atoms with van der Waals surface area (Å²) in [4.78, 5) is 0. The molecule has 1 atom stereocenters. The maximum Gasteiger partial charge on any atom is 0.0312 e. The van der Waals surface area contributed by atoms with Gasteiger partial charge in [0, 0.05) is 5.88 Å². The van der Waals surface area contributed by atoms with E-state index in [2.05, 4.69) is 27.4 Å². The third kappa shape index (κ3) is 5.10. The third-order valence-electron chi connectivity index (χ3n) is 1.92. The average Bonchev–Trinajstić information content (AvgIpc) is 2.03. The molecule has 0 aliphatic carbocycles. The van der Waals surface area contributed by atoms with Gasteiger partial charge in [-0.25, -0.2) is 0 Å². The molecule has 0 radical (unpaired) electrons. The number of thioether (sulfide) groups is 1. The number of allylic oxidation sites excluding steroid dienone is 1. The largest absolute Gasteiger partial charge is 0.159 e. The summed E-state index contributed by atoms with van der Waals surface area (Å²) in [6.07, 6.45) is 3.10. The highest BCUT2D eigenvalue weighted by Gasteiger charge is 2.18. The van der Waals surface area contributed by atoms with E-state index in [1.54, 1.807) is 0 Å². The highest BCUT2D eigenvalue weighted by atomic mass is 35.5. The number of alkyl halides is 1. The molecule has 72 valence electrons. The van der Waals surface area contributed by atoms with Gasteiger partial charge in [0.2, 0.25) is 0 Å². The first-order valence-electron chi connectivity index (χ1n) is 4.35. The molecule has 2 heteroatoms. The number of hydrogen-bond acceptors (Lipinski definition) is 1. The molecule has 0 nitrogen and oxygen atoms in total. The zero-order valence-corrected chi connectivity index (χ0v) is 9.84. The fourth-order valence-electron chi connectivity index (χ4n) is 0.751. The molecule has 0 bridgehead atoms. The Kier molecular flexibility index (Phi) is 6.12. The van der Waals surface area contributed by atoms with Crippen molar-refractivity contribution in [1.29, 1.82) is 0 Å². The van der Waals surface area contributed by atoms with Crippen molar-refractivity contribution in [1.82, 2.24) is 0 Å². The van der Waals surface area contributed by atoms with Gasteiger partial charge in [-0.1, -0.05) is 26.8 Å². The van der Waals surface area contributed by atoms with Crippen LogP contribution in [0, 0.1) is 5.41 Å². The summed E-state index contributed by atoms with van der Waals surface area (Å²) in [5.74, 6) is 1.85. The topological polar surface area (TPSA) is 0 Å². The molecule has 0 fully saturated rings. The Hall–Kier alpha value is 0.380. The first kappa shape index (κ1) is 12.4. The van der Waals surface area contributed by atoms with E-state index in [1.807, 2.05) is 17.8 Å². The molecule has 0 saturated heterocycles. The Balaban J connectivity index is 3.66. The van der Waals surface area contributed by atoms with Crippen LogP contribution < -0.4 is 0 Å². The van der Waals surface area contributed by atoms with Gasteiger partial charge in [-0.05, 0) is 22.8 Å². The molecule has 0 aliphatic heterocycles. The van der Waals surface area contributed by atoms with E-state index in [0.29, 0.717) is 5.88 Å². The Labute approximate surface area is 85.8 Å². The molecule has 12 heavy (non-hydrogen) atoms. The van der Waals surface area contributed by atoms with Gasteiger partial charge >= 0.3 is 0 Å². The predicted molar refractivity (Wildman–Crippen MR) is 61.2 cm³/mol. The zero-order valence-electron chi connectivity index (χ0n) is 8.27. The molecular formula is C10H19ClS. The van der Waals surface area contributed by atoms with E-state index in [9.17, 15) is 0 Å². The molecule has 0 amide bonds. The number of rotatable bonds is 6. The smallest absolute Gasteiger partial charge is 0.0312 e. The van der Waals surface area contributed by atoms with Gasteiger partial charge in [0.25, 0.3) is 0 Å². The molecule has 0 aromatic carbocycles. The molecule has 0 saturated carbocycles. The van der Waals surface area contributed by atoms with Gasteiger partial charge in [-0.15, -0.1) is 18.2 Å². The monoisotopic (exact) mass is 206 g/mol. The fraction of sp³-hybridized carbons (Fsp3) is 0.800. The highest BCUT2D eigenvalue weighted by molar-refractivity contribution is 7.99.